The van der Waals surface area contributed by atoms with Gasteiger partial charge >= 0.3 is 0 Å². The molecule has 0 unspecified atom stereocenters. The lowest BCUT2D eigenvalue weighted by Gasteiger charge is -2.05. The van der Waals surface area contributed by atoms with Gasteiger partial charge in [0.1, 0.15) is 0 Å². The molecule has 6 nitrogen and oxygen atoms in total. The van der Waals surface area contributed by atoms with Crippen LogP contribution in [0, 0.1) is 24.0 Å². The first-order chi connectivity index (χ1) is 9.49. The number of nitro benzene ring substituents is 1. The van der Waals surface area contributed by atoms with Gasteiger partial charge in [0.2, 0.25) is 0 Å². The summed E-state index contributed by atoms with van der Waals surface area (Å²) in [6.07, 6.45) is 0. The SMILES string of the molecule is Cc1cc(C)nc(Sc2ccc(CO)cc2[N+](=O)[O-])n1. The standard InChI is InChI=1S/C13H13N3O3S/c1-8-5-9(2)15-13(14-8)20-12-4-3-10(7-17)6-11(12)16(18)19/h3-6,17H,7H2,1-2H3. The van der Waals surface area contributed by atoms with Crippen LogP contribution in [0.25, 0.3) is 0 Å². The number of aliphatic hydroxyl groups is 1. The van der Waals surface area contributed by atoms with Crippen molar-refractivity contribution in [2.75, 3.05) is 0 Å². The first-order valence-corrected chi connectivity index (χ1v) is 6.69. The fourth-order valence-electron chi connectivity index (χ4n) is 1.73. The quantitative estimate of drug-likeness (QED) is 0.529. The van der Waals surface area contributed by atoms with E-state index in [9.17, 15) is 10.1 Å². The van der Waals surface area contributed by atoms with Gasteiger partial charge in [-0.25, -0.2) is 9.97 Å². The number of benzene rings is 1. The summed E-state index contributed by atoms with van der Waals surface area (Å²) in [7, 11) is 0. The molecular formula is C13H13N3O3S. The Kier molecular flexibility index (Phi) is 4.31. The summed E-state index contributed by atoms with van der Waals surface area (Å²) in [6.45, 7) is 3.47. The third-order valence-corrected chi connectivity index (χ3v) is 3.50. The third-order valence-electron chi connectivity index (χ3n) is 2.57. The van der Waals surface area contributed by atoms with Crippen LogP contribution in [0.15, 0.2) is 34.3 Å². The maximum absolute atomic E-state index is 11.1. The molecule has 0 atom stereocenters. The van der Waals surface area contributed by atoms with Gasteiger partial charge in [0.15, 0.2) is 5.16 Å². The van der Waals surface area contributed by atoms with E-state index in [-0.39, 0.29) is 12.3 Å². The number of hydrogen-bond acceptors (Lipinski definition) is 6. The number of nitrogens with zero attached hydrogens (tertiary/aromatic N) is 3. The van der Waals surface area contributed by atoms with Crippen LogP contribution in [0.1, 0.15) is 17.0 Å². The highest BCUT2D eigenvalue weighted by Gasteiger charge is 2.17. The molecule has 0 aliphatic heterocycles. The van der Waals surface area contributed by atoms with Crippen LogP contribution in [0.4, 0.5) is 5.69 Å². The zero-order valence-electron chi connectivity index (χ0n) is 11.0. The van der Waals surface area contributed by atoms with Crippen molar-refractivity contribution in [3.05, 3.63) is 51.3 Å². The Labute approximate surface area is 120 Å². The average Bonchev–Trinajstić information content (AvgIpc) is 2.37. The first-order valence-electron chi connectivity index (χ1n) is 5.88. The molecule has 0 bridgehead atoms. The number of aromatic nitrogens is 2. The van der Waals surface area contributed by atoms with Gasteiger partial charge in [0, 0.05) is 17.5 Å². The van der Waals surface area contributed by atoms with Gasteiger partial charge in [-0.1, -0.05) is 6.07 Å². The minimum absolute atomic E-state index is 0.0516. The van der Waals surface area contributed by atoms with Crippen molar-refractivity contribution in [1.82, 2.24) is 9.97 Å². The fraction of sp³-hybridized carbons (Fsp3) is 0.231. The summed E-state index contributed by atoms with van der Waals surface area (Å²) >= 11 is 1.14. The molecule has 0 radical (unpaired) electrons. The zero-order chi connectivity index (χ0) is 14.7. The summed E-state index contributed by atoms with van der Waals surface area (Å²) in [6, 6.07) is 6.46. The summed E-state index contributed by atoms with van der Waals surface area (Å²) in [5.41, 5.74) is 2.08. The molecule has 104 valence electrons. The van der Waals surface area contributed by atoms with Crippen molar-refractivity contribution in [1.29, 1.82) is 0 Å². The molecule has 0 fully saturated rings. The minimum atomic E-state index is -0.468. The highest BCUT2D eigenvalue weighted by molar-refractivity contribution is 7.99. The predicted octanol–water partition coefficient (Wildman–Crippen LogP) is 2.65. The van der Waals surface area contributed by atoms with Gasteiger partial charge in [0.25, 0.3) is 5.69 Å². The van der Waals surface area contributed by atoms with Gasteiger partial charge < -0.3 is 5.11 Å². The maximum atomic E-state index is 11.1. The van der Waals surface area contributed by atoms with Gasteiger partial charge in [-0.15, -0.1) is 0 Å². The molecule has 0 saturated heterocycles. The Balaban J connectivity index is 2.39. The van der Waals surface area contributed by atoms with E-state index < -0.39 is 4.92 Å². The molecule has 0 aliphatic carbocycles. The minimum Gasteiger partial charge on any atom is -0.392 e. The largest absolute Gasteiger partial charge is 0.392 e. The van der Waals surface area contributed by atoms with E-state index in [0.29, 0.717) is 15.6 Å². The molecular weight excluding hydrogens is 278 g/mol. The number of aliphatic hydroxyl groups excluding tert-OH is 1. The van der Waals surface area contributed by atoms with Crippen LogP contribution in [0.3, 0.4) is 0 Å². The molecule has 7 heteroatoms. The Morgan fingerprint density at radius 1 is 1.25 bits per heavy atom. The molecule has 20 heavy (non-hydrogen) atoms. The molecule has 1 aromatic heterocycles. The van der Waals surface area contributed by atoms with Crippen LogP contribution in [0.5, 0.6) is 0 Å². The van der Waals surface area contributed by atoms with Gasteiger partial charge in [-0.3, -0.25) is 10.1 Å². The Morgan fingerprint density at radius 3 is 2.45 bits per heavy atom. The second-order valence-corrected chi connectivity index (χ2v) is 5.26. The van der Waals surface area contributed by atoms with E-state index in [0.717, 1.165) is 23.1 Å². The molecule has 0 spiro atoms. The van der Waals surface area contributed by atoms with E-state index in [1.807, 2.05) is 19.9 Å². The van der Waals surface area contributed by atoms with Crippen LogP contribution in [0.2, 0.25) is 0 Å². The molecule has 0 amide bonds. The van der Waals surface area contributed by atoms with Crippen LogP contribution in [-0.2, 0) is 6.61 Å². The third kappa shape index (κ3) is 3.31. The molecule has 1 heterocycles. The number of hydrogen-bond donors (Lipinski definition) is 1. The molecule has 0 saturated carbocycles. The van der Waals surface area contributed by atoms with Crippen LogP contribution < -0.4 is 0 Å². The van der Waals surface area contributed by atoms with Gasteiger partial charge in [-0.2, -0.15) is 0 Å². The molecule has 2 aromatic rings. The predicted molar refractivity (Wildman–Crippen MR) is 74.6 cm³/mol. The maximum Gasteiger partial charge on any atom is 0.283 e. The Hall–Kier alpha value is -1.99. The lowest BCUT2D eigenvalue weighted by atomic mass is 10.2. The second kappa shape index (κ2) is 5.98. The summed E-state index contributed by atoms with van der Waals surface area (Å²) in [5.74, 6) is 0. The molecule has 1 aromatic carbocycles. The van der Waals surface area contributed by atoms with E-state index in [2.05, 4.69) is 9.97 Å². The van der Waals surface area contributed by atoms with Crippen LogP contribution >= 0.6 is 11.8 Å². The summed E-state index contributed by atoms with van der Waals surface area (Å²) in [5, 5.41) is 20.6. The van der Waals surface area contributed by atoms with Crippen molar-refractivity contribution in [3.8, 4) is 0 Å². The zero-order valence-corrected chi connectivity index (χ0v) is 11.8. The van der Waals surface area contributed by atoms with Gasteiger partial charge in [-0.05, 0) is 43.3 Å². The fourth-order valence-corrected chi connectivity index (χ4v) is 2.68. The smallest absolute Gasteiger partial charge is 0.283 e. The normalized spacial score (nSPS) is 10.6. The first kappa shape index (κ1) is 14.4. The molecule has 0 aliphatic rings. The summed E-state index contributed by atoms with van der Waals surface area (Å²) < 4.78 is 0. The number of rotatable bonds is 4. The lowest BCUT2D eigenvalue weighted by molar-refractivity contribution is -0.387. The molecule has 1 N–H and O–H groups in total. The number of nitro groups is 1. The van der Waals surface area contributed by atoms with Crippen molar-refractivity contribution in [2.24, 2.45) is 0 Å². The van der Waals surface area contributed by atoms with Gasteiger partial charge in [0.05, 0.1) is 16.4 Å². The Morgan fingerprint density at radius 2 is 1.90 bits per heavy atom. The molecule has 2 rings (SSSR count). The van der Waals surface area contributed by atoms with E-state index in [4.69, 9.17) is 5.11 Å². The van der Waals surface area contributed by atoms with E-state index in [1.54, 1.807) is 12.1 Å². The monoisotopic (exact) mass is 291 g/mol. The highest BCUT2D eigenvalue weighted by Crippen LogP contribution is 2.33. The Bertz CT molecular complexity index is 641. The van der Waals surface area contributed by atoms with Crippen molar-refractivity contribution >= 4 is 17.4 Å². The number of aryl methyl sites for hydroxylation is 2. The van der Waals surface area contributed by atoms with Crippen LogP contribution in [-0.4, -0.2) is 20.0 Å². The van der Waals surface area contributed by atoms with E-state index >= 15 is 0 Å². The van der Waals surface area contributed by atoms with Crippen molar-refractivity contribution in [3.63, 3.8) is 0 Å². The summed E-state index contributed by atoms with van der Waals surface area (Å²) in [4.78, 5) is 19.6. The second-order valence-electron chi connectivity index (χ2n) is 4.25. The van der Waals surface area contributed by atoms with E-state index in [1.165, 1.54) is 6.07 Å². The van der Waals surface area contributed by atoms with Crippen molar-refractivity contribution in [2.45, 2.75) is 30.5 Å². The van der Waals surface area contributed by atoms with Crippen molar-refractivity contribution < 1.29 is 10.0 Å². The lowest BCUT2D eigenvalue weighted by Crippen LogP contribution is -1.96. The average molecular weight is 291 g/mol. The topological polar surface area (TPSA) is 89.2 Å². The highest BCUT2D eigenvalue weighted by atomic mass is 32.2.